The van der Waals surface area contributed by atoms with Crippen molar-refractivity contribution in [1.82, 2.24) is 5.32 Å². The maximum Gasteiger partial charge on any atom is 0.239 e. The molecule has 5 heteroatoms. The quantitative estimate of drug-likeness (QED) is 0.901. The van der Waals surface area contributed by atoms with Gasteiger partial charge in [-0.3, -0.25) is 9.79 Å². The third-order valence-corrected chi connectivity index (χ3v) is 6.21. The molecule has 1 heterocycles. The van der Waals surface area contributed by atoms with Gasteiger partial charge in [-0.2, -0.15) is 0 Å². The summed E-state index contributed by atoms with van der Waals surface area (Å²) in [6, 6.07) is 7.49. The van der Waals surface area contributed by atoms with E-state index in [1.54, 1.807) is 23.9 Å². The molecule has 1 aromatic rings. The number of carbonyl (C=O) groups excluding carboxylic acids is 1. The first-order chi connectivity index (χ1) is 10.7. The van der Waals surface area contributed by atoms with Gasteiger partial charge in [-0.1, -0.05) is 30.3 Å². The van der Waals surface area contributed by atoms with E-state index in [2.05, 4.69) is 5.32 Å². The van der Waals surface area contributed by atoms with E-state index in [1.165, 1.54) is 25.7 Å². The summed E-state index contributed by atoms with van der Waals surface area (Å²) in [6.45, 7) is 0. The first-order valence-corrected chi connectivity index (χ1v) is 8.88. The number of rotatable bonds is 3. The van der Waals surface area contributed by atoms with Crippen molar-refractivity contribution >= 4 is 22.8 Å². The molecule has 4 atom stereocenters. The number of nitrogens with one attached hydrogen (secondary N) is 1. The zero-order valence-electron chi connectivity index (χ0n) is 12.4. The molecular formula is C17H20N2O2S. The third kappa shape index (κ3) is 2.74. The van der Waals surface area contributed by atoms with Crippen molar-refractivity contribution < 1.29 is 9.90 Å². The van der Waals surface area contributed by atoms with E-state index in [4.69, 9.17) is 4.99 Å². The van der Waals surface area contributed by atoms with Gasteiger partial charge < -0.3 is 10.4 Å². The Morgan fingerprint density at radius 1 is 1.23 bits per heavy atom. The summed E-state index contributed by atoms with van der Waals surface area (Å²) in [6.07, 6.45) is 5.88. The van der Waals surface area contributed by atoms with Gasteiger partial charge in [0.05, 0.1) is 11.3 Å². The van der Waals surface area contributed by atoms with Gasteiger partial charge >= 0.3 is 0 Å². The molecule has 2 bridgehead atoms. The van der Waals surface area contributed by atoms with Crippen LogP contribution in [0.1, 0.15) is 31.2 Å². The Morgan fingerprint density at radius 2 is 2.05 bits per heavy atom. The van der Waals surface area contributed by atoms with E-state index in [0.717, 1.165) is 22.6 Å². The molecule has 0 radical (unpaired) electrons. The van der Waals surface area contributed by atoms with Crippen LogP contribution in [-0.4, -0.2) is 27.5 Å². The Balaban J connectivity index is 1.41. The first-order valence-electron chi connectivity index (χ1n) is 8.00. The fourth-order valence-corrected chi connectivity index (χ4v) is 5.03. The smallest absolute Gasteiger partial charge is 0.239 e. The van der Waals surface area contributed by atoms with Crippen LogP contribution in [0, 0.1) is 11.8 Å². The molecule has 1 saturated heterocycles. The normalized spacial score (nSPS) is 35.3. The number of benzene rings is 1. The fraction of sp³-hybridized carbons (Fsp3) is 0.529. The number of thioether (sulfide) groups is 1. The van der Waals surface area contributed by atoms with Crippen LogP contribution in [0.25, 0.3) is 0 Å². The number of hydrogen-bond acceptors (Lipinski definition) is 4. The molecular weight excluding hydrogens is 296 g/mol. The minimum absolute atomic E-state index is 0.0555. The van der Waals surface area contributed by atoms with Gasteiger partial charge in [0.2, 0.25) is 5.91 Å². The maximum absolute atomic E-state index is 12.1. The highest BCUT2D eigenvalue weighted by atomic mass is 32.2. The van der Waals surface area contributed by atoms with E-state index < -0.39 is 0 Å². The number of hydrogen-bond donors (Lipinski definition) is 2. The van der Waals surface area contributed by atoms with E-state index in [0.29, 0.717) is 12.5 Å². The molecule has 1 amide bonds. The van der Waals surface area contributed by atoms with Gasteiger partial charge in [0.1, 0.15) is 5.75 Å². The summed E-state index contributed by atoms with van der Waals surface area (Å²) < 4.78 is 0. The largest absolute Gasteiger partial charge is 0.508 e. The number of amidine groups is 1. The van der Waals surface area contributed by atoms with Crippen LogP contribution in [0.3, 0.4) is 0 Å². The molecule has 0 spiro atoms. The van der Waals surface area contributed by atoms with Gasteiger partial charge in [0.15, 0.2) is 5.17 Å². The number of carbonyl (C=O) groups is 1. The molecule has 22 heavy (non-hydrogen) atoms. The number of phenols is 1. The maximum atomic E-state index is 12.1. The molecule has 2 N–H and O–H groups in total. The lowest BCUT2D eigenvalue weighted by Gasteiger charge is -2.17. The summed E-state index contributed by atoms with van der Waals surface area (Å²) >= 11 is 1.56. The van der Waals surface area contributed by atoms with Crippen LogP contribution in [-0.2, 0) is 11.2 Å². The predicted molar refractivity (Wildman–Crippen MR) is 88.0 cm³/mol. The average molecular weight is 316 g/mol. The summed E-state index contributed by atoms with van der Waals surface area (Å²) in [4.78, 5) is 16.9. The summed E-state index contributed by atoms with van der Waals surface area (Å²) in [5.41, 5.74) is 1.06. The Bertz CT molecular complexity index is 614. The van der Waals surface area contributed by atoms with E-state index in [9.17, 15) is 9.90 Å². The van der Waals surface area contributed by atoms with Crippen molar-refractivity contribution in [3.8, 4) is 5.75 Å². The number of phenolic OH excluding ortho intramolecular Hbond substituents is 1. The van der Waals surface area contributed by atoms with E-state index >= 15 is 0 Å². The highest BCUT2D eigenvalue weighted by Crippen LogP contribution is 2.46. The van der Waals surface area contributed by atoms with Crippen LogP contribution in [0.2, 0.25) is 0 Å². The van der Waals surface area contributed by atoms with E-state index in [-0.39, 0.29) is 16.9 Å². The molecule has 3 fully saturated rings. The van der Waals surface area contributed by atoms with Crippen molar-refractivity contribution in [1.29, 1.82) is 0 Å². The summed E-state index contributed by atoms with van der Waals surface area (Å²) in [5.74, 6) is 1.92. The van der Waals surface area contributed by atoms with Gasteiger partial charge in [-0.05, 0) is 55.2 Å². The topological polar surface area (TPSA) is 61.7 Å². The number of amides is 1. The monoisotopic (exact) mass is 316 g/mol. The summed E-state index contributed by atoms with van der Waals surface area (Å²) in [7, 11) is 0. The highest BCUT2D eigenvalue weighted by Gasteiger charge is 2.40. The van der Waals surface area contributed by atoms with Crippen LogP contribution < -0.4 is 5.32 Å². The lowest BCUT2D eigenvalue weighted by molar-refractivity contribution is -0.118. The Hall–Kier alpha value is -1.49. The molecule has 3 aliphatic rings. The molecule has 2 saturated carbocycles. The van der Waals surface area contributed by atoms with Crippen LogP contribution in [0.4, 0.5) is 0 Å². The first kappa shape index (κ1) is 14.1. The predicted octanol–water partition coefficient (Wildman–Crippen LogP) is 2.71. The lowest BCUT2D eigenvalue weighted by Crippen LogP contribution is -2.27. The Morgan fingerprint density at radius 3 is 2.73 bits per heavy atom. The van der Waals surface area contributed by atoms with Crippen LogP contribution >= 0.6 is 11.8 Å². The minimum atomic E-state index is -0.109. The standard InChI is InChI=1S/C17H20N2O2S/c20-13-5-2-10(3-6-13)9-15-16(21)19-17(22-15)18-14-8-11-1-4-12(14)7-11/h2-3,5-6,11-12,14-15,20H,1,4,7-9H2,(H,18,19,21)/t11-,12+,14+,15?/m0/s1. The third-order valence-electron chi connectivity index (χ3n) is 5.12. The molecule has 2 aliphatic carbocycles. The van der Waals surface area contributed by atoms with Gasteiger partial charge in [0, 0.05) is 0 Å². The van der Waals surface area contributed by atoms with Gasteiger partial charge in [-0.25, -0.2) is 0 Å². The molecule has 116 valence electrons. The van der Waals surface area contributed by atoms with Crippen LogP contribution in [0.15, 0.2) is 29.3 Å². The van der Waals surface area contributed by atoms with Gasteiger partial charge in [0.25, 0.3) is 0 Å². The van der Waals surface area contributed by atoms with Crippen molar-refractivity contribution in [3.05, 3.63) is 29.8 Å². The van der Waals surface area contributed by atoms with Crippen molar-refractivity contribution in [2.75, 3.05) is 0 Å². The second-order valence-corrected chi connectivity index (χ2v) is 7.83. The fourth-order valence-electron chi connectivity index (χ4n) is 3.97. The van der Waals surface area contributed by atoms with E-state index in [1.807, 2.05) is 12.1 Å². The number of fused-ring (bicyclic) bond motifs is 2. The second kappa shape index (κ2) is 5.61. The zero-order chi connectivity index (χ0) is 15.1. The molecule has 0 aromatic heterocycles. The Labute approximate surface area is 134 Å². The van der Waals surface area contributed by atoms with Crippen molar-refractivity contribution in [2.24, 2.45) is 16.8 Å². The second-order valence-electron chi connectivity index (χ2n) is 6.64. The summed E-state index contributed by atoms with van der Waals surface area (Å²) in [5, 5.41) is 13.0. The number of aliphatic imine (C=N–C) groups is 1. The SMILES string of the molecule is O=C1NC(=N[C@@H]2C[C@H]3CC[C@@H]2C3)SC1Cc1ccc(O)cc1. The Kier molecular flexibility index (Phi) is 3.60. The highest BCUT2D eigenvalue weighted by molar-refractivity contribution is 8.15. The lowest BCUT2D eigenvalue weighted by atomic mass is 9.96. The molecule has 1 unspecified atom stereocenters. The van der Waals surface area contributed by atoms with Gasteiger partial charge in [-0.15, -0.1) is 0 Å². The molecule has 1 aromatic carbocycles. The molecule has 4 rings (SSSR count). The molecule has 1 aliphatic heterocycles. The zero-order valence-corrected chi connectivity index (χ0v) is 13.2. The van der Waals surface area contributed by atoms with Crippen molar-refractivity contribution in [2.45, 2.75) is 43.4 Å². The number of aromatic hydroxyl groups is 1. The van der Waals surface area contributed by atoms with Crippen LogP contribution in [0.5, 0.6) is 5.75 Å². The average Bonchev–Trinajstić information content (AvgIpc) is 3.18. The minimum Gasteiger partial charge on any atom is -0.508 e. The van der Waals surface area contributed by atoms with Crippen molar-refractivity contribution in [3.63, 3.8) is 0 Å². The molecule has 4 nitrogen and oxygen atoms in total. The number of nitrogens with zero attached hydrogens (tertiary/aromatic N) is 1.